The summed E-state index contributed by atoms with van der Waals surface area (Å²) in [6.07, 6.45) is 6.22. The fraction of sp³-hybridized carbons (Fsp3) is 0.727. The van der Waals surface area contributed by atoms with Gasteiger partial charge in [0.15, 0.2) is 11.6 Å². The molecular weight excluding hydrogens is 380 g/mol. The fourth-order valence-electron chi connectivity index (χ4n) is 7.26. The number of hydrogen-bond donors (Lipinski definition) is 3. The summed E-state index contributed by atoms with van der Waals surface area (Å²) in [5, 5.41) is 32.3. The molecule has 28 heavy (non-hydrogen) atoms. The maximum Gasteiger partial charge on any atom is 0.190 e. The monoisotopic (exact) mass is 408 g/mol. The Balaban J connectivity index is 1.84. The zero-order chi connectivity index (χ0) is 20.7. The van der Waals surface area contributed by atoms with Gasteiger partial charge in [0.1, 0.15) is 12.2 Å². The minimum Gasteiger partial charge on any atom is -0.391 e. The van der Waals surface area contributed by atoms with Crippen LogP contribution in [0.2, 0.25) is 0 Å². The van der Waals surface area contributed by atoms with Crippen LogP contribution in [0.4, 0.5) is 0 Å². The number of carbonyl (C=O) groups is 2. The Labute approximate surface area is 170 Å². The van der Waals surface area contributed by atoms with Crippen molar-refractivity contribution in [2.45, 2.75) is 63.0 Å². The summed E-state index contributed by atoms with van der Waals surface area (Å²) in [4.78, 5) is 23.5. The van der Waals surface area contributed by atoms with Gasteiger partial charge in [-0.15, -0.1) is 11.6 Å². The first-order chi connectivity index (χ1) is 13.0. The molecule has 0 aromatic rings. The number of carbonyl (C=O) groups excluding carboxylic acids is 2. The number of ketones is 2. The maximum absolute atomic E-state index is 12.6. The summed E-state index contributed by atoms with van der Waals surface area (Å²) in [5.74, 6) is -1.15. The summed E-state index contributed by atoms with van der Waals surface area (Å²) >= 11 is 7.30. The van der Waals surface area contributed by atoms with Crippen LogP contribution in [0.1, 0.15) is 46.5 Å². The van der Waals surface area contributed by atoms with Gasteiger partial charge in [0.25, 0.3) is 0 Å². The van der Waals surface area contributed by atoms with Crippen molar-refractivity contribution in [2.24, 2.45) is 28.6 Å². The second-order valence-electron chi connectivity index (χ2n) is 9.75. The Morgan fingerprint density at radius 2 is 2.00 bits per heavy atom. The van der Waals surface area contributed by atoms with Crippen LogP contribution in [0, 0.1) is 28.6 Å². The van der Waals surface area contributed by atoms with Crippen molar-refractivity contribution in [3.63, 3.8) is 0 Å². The maximum atomic E-state index is 12.6. The number of rotatable bonds is 2. The number of alkyl halides is 1. The third-order valence-electron chi connectivity index (χ3n) is 8.79. The van der Waals surface area contributed by atoms with Crippen molar-refractivity contribution in [3.8, 4) is 0 Å². The molecule has 0 aromatic heterocycles. The highest BCUT2D eigenvalue weighted by Crippen LogP contribution is 2.71. The Hall–Kier alpha value is -1.01. The van der Waals surface area contributed by atoms with Crippen LogP contribution in [-0.4, -0.2) is 50.1 Å². The van der Waals surface area contributed by atoms with Crippen LogP contribution in [0.5, 0.6) is 0 Å². The van der Waals surface area contributed by atoms with E-state index in [-0.39, 0.29) is 30.0 Å². The van der Waals surface area contributed by atoms with Crippen molar-refractivity contribution >= 4 is 23.2 Å². The highest BCUT2D eigenvalue weighted by Gasteiger charge is 2.74. The Morgan fingerprint density at radius 3 is 2.64 bits per heavy atom. The van der Waals surface area contributed by atoms with Crippen LogP contribution in [0.15, 0.2) is 23.8 Å². The second-order valence-corrected chi connectivity index (χ2v) is 10.4. The first-order valence-corrected chi connectivity index (χ1v) is 10.5. The highest BCUT2D eigenvalue weighted by atomic mass is 35.5. The molecule has 0 unspecified atom stereocenters. The van der Waals surface area contributed by atoms with Gasteiger partial charge in [0.05, 0.1) is 11.0 Å². The minimum atomic E-state index is -1.68. The molecule has 4 aliphatic rings. The van der Waals surface area contributed by atoms with Gasteiger partial charge in [-0.25, -0.2) is 0 Å². The molecule has 8 atom stereocenters. The average Bonchev–Trinajstić information content (AvgIpc) is 2.84. The quantitative estimate of drug-likeness (QED) is 0.608. The summed E-state index contributed by atoms with van der Waals surface area (Å²) in [6.45, 7) is 4.97. The first kappa shape index (κ1) is 20.3. The van der Waals surface area contributed by atoms with Gasteiger partial charge in [-0.2, -0.15) is 0 Å². The number of halogens is 1. The molecule has 154 valence electrons. The van der Waals surface area contributed by atoms with Crippen molar-refractivity contribution in [3.05, 3.63) is 23.8 Å². The van der Waals surface area contributed by atoms with E-state index in [2.05, 4.69) is 0 Å². The molecule has 0 spiro atoms. The van der Waals surface area contributed by atoms with E-state index in [1.807, 2.05) is 26.8 Å². The third-order valence-corrected chi connectivity index (χ3v) is 9.72. The average molecular weight is 409 g/mol. The molecule has 3 saturated carbocycles. The van der Waals surface area contributed by atoms with Crippen molar-refractivity contribution in [1.82, 2.24) is 0 Å². The zero-order valence-corrected chi connectivity index (χ0v) is 17.4. The zero-order valence-electron chi connectivity index (χ0n) is 16.6. The van der Waals surface area contributed by atoms with E-state index in [4.69, 9.17) is 11.6 Å². The second kappa shape index (κ2) is 6.00. The lowest BCUT2D eigenvalue weighted by Crippen LogP contribution is -2.69. The van der Waals surface area contributed by atoms with Gasteiger partial charge in [0.2, 0.25) is 0 Å². The Morgan fingerprint density at radius 1 is 1.32 bits per heavy atom. The summed E-state index contributed by atoms with van der Waals surface area (Å²) in [5.41, 5.74) is -2.25. The first-order valence-electron chi connectivity index (χ1n) is 10.1. The smallest absolute Gasteiger partial charge is 0.190 e. The lowest BCUT2D eigenvalue weighted by atomic mass is 9.45. The van der Waals surface area contributed by atoms with Crippen molar-refractivity contribution in [1.29, 1.82) is 0 Å². The molecule has 0 radical (unpaired) electrons. The van der Waals surface area contributed by atoms with Crippen molar-refractivity contribution < 1.29 is 24.9 Å². The van der Waals surface area contributed by atoms with E-state index in [9.17, 15) is 24.9 Å². The molecule has 0 heterocycles. The van der Waals surface area contributed by atoms with E-state index >= 15 is 0 Å². The molecular formula is C22H29ClO5. The number of hydrogen-bond acceptors (Lipinski definition) is 5. The lowest BCUT2D eigenvalue weighted by molar-refractivity contribution is -0.179. The van der Waals surface area contributed by atoms with Gasteiger partial charge in [-0.1, -0.05) is 32.4 Å². The van der Waals surface area contributed by atoms with E-state index in [1.54, 1.807) is 6.08 Å². The largest absolute Gasteiger partial charge is 0.391 e. The molecule has 4 rings (SSSR count). The van der Waals surface area contributed by atoms with E-state index in [0.717, 1.165) is 5.57 Å². The van der Waals surface area contributed by atoms with Gasteiger partial charge in [-0.3, -0.25) is 9.59 Å². The number of aliphatic hydroxyl groups excluding tert-OH is 2. The van der Waals surface area contributed by atoms with E-state index < -0.39 is 39.8 Å². The van der Waals surface area contributed by atoms with E-state index in [0.29, 0.717) is 19.3 Å². The van der Waals surface area contributed by atoms with Gasteiger partial charge < -0.3 is 15.3 Å². The fourth-order valence-corrected chi connectivity index (χ4v) is 7.78. The van der Waals surface area contributed by atoms with Crippen LogP contribution < -0.4 is 0 Å². The summed E-state index contributed by atoms with van der Waals surface area (Å²) in [6, 6.07) is 0. The molecule has 0 saturated heterocycles. The van der Waals surface area contributed by atoms with Crippen LogP contribution >= 0.6 is 11.6 Å². The van der Waals surface area contributed by atoms with E-state index in [1.165, 1.54) is 6.08 Å². The molecule has 5 nitrogen and oxygen atoms in total. The molecule has 3 fully saturated rings. The van der Waals surface area contributed by atoms with Crippen LogP contribution in [-0.2, 0) is 9.59 Å². The number of fused-ring (bicyclic) bond motifs is 5. The number of Topliss-reactive ketones (excluding diaryl/α,β-unsaturated/α-hetero) is 1. The number of allylic oxidation sites excluding steroid dienone is 4. The van der Waals surface area contributed by atoms with Gasteiger partial charge in [-0.05, 0) is 55.6 Å². The number of aliphatic hydroxyl groups is 3. The Bertz CT molecular complexity index is 805. The normalized spacial score (nSPS) is 52.5. The predicted molar refractivity (Wildman–Crippen MR) is 105 cm³/mol. The predicted octanol–water partition coefficient (Wildman–Crippen LogP) is 2.17. The van der Waals surface area contributed by atoms with Crippen LogP contribution in [0.25, 0.3) is 0 Å². The molecule has 0 amide bonds. The van der Waals surface area contributed by atoms with Gasteiger partial charge in [0, 0.05) is 10.8 Å². The summed E-state index contributed by atoms with van der Waals surface area (Å²) < 4.78 is 0. The topological polar surface area (TPSA) is 94.8 Å². The van der Waals surface area contributed by atoms with Crippen molar-refractivity contribution in [2.75, 3.05) is 6.61 Å². The SMILES string of the molecule is C[C@@H]1C[C@@H]2[C@H]3CCC4=CC(=O)C=C[C@@]4(C)[C@@]3(Cl)[C@H](O)C[C@@]2(C)[C@]1(O)C(=O)CO. The molecule has 0 aromatic carbocycles. The molecule has 0 bridgehead atoms. The lowest BCUT2D eigenvalue weighted by Gasteiger charge is -2.63. The molecule has 0 aliphatic heterocycles. The minimum absolute atomic E-state index is 0.0567. The van der Waals surface area contributed by atoms with Gasteiger partial charge >= 0.3 is 0 Å². The molecule has 3 N–H and O–H groups in total. The highest BCUT2D eigenvalue weighted by molar-refractivity contribution is 6.26. The standard InChI is InChI=1S/C22H29ClO5/c1-12-8-16-15-5-4-13-9-14(25)6-7-19(13,2)21(15,23)17(26)10-20(16,3)22(12,28)18(27)11-24/h6-7,9,12,15-17,24,26,28H,4-5,8,10-11H2,1-3H3/t12-,15-,16-,17-,19-,20-,21+,22-/m1/s1. The Kier molecular flexibility index (Phi) is 4.35. The van der Waals surface area contributed by atoms with Crippen LogP contribution in [0.3, 0.4) is 0 Å². The summed E-state index contributed by atoms with van der Waals surface area (Å²) in [7, 11) is 0. The third kappa shape index (κ3) is 2.09. The molecule has 6 heteroatoms. The molecule has 4 aliphatic carbocycles.